The first-order valence-corrected chi connectivity index (χ1v) is 4.73. The summed E-state index contributed by atoms with van der Waals surface area (Å²) in [5.74, 6) is -0.103. The molecule has 1 fully saturated rings. The van der Waals surface area contributed by atoms with Crippen LogP contribution in [-0.4, -0.2) is 25.2 Å². The zero-order chi connectivity index (χ0) is 9.68. The number of nitrogens with one attached hydrogen (secondary N) is 1. The molecular formula is C10H17NO2. The molecule has 0 heterocycles. The van der Waals surface area contributed by atoms with Gasteiger partial charge in [-0.2, -0.15) is 0 Å². The van der Waals surface area contributed by atoms with Gasteiger partial charge in [-0.25, -0.2) is 0 Å². The number of amides is 1. The van der Waals surface area contributed by atoms with Gasteiger partial charge in [0.15, 0.2) is 0 Å². The molecule has 1 rings (SSSR count). The monoisotopic (exact) mass is 183 g/mol. The lowest BCUT2D eigenvalue weighted by Gasteiger charge is -2.30. The Kier molecular flexibility index (Phi) is 3.96. The van der Waals surface area contributed by atoms with Crippen LogP contribution in [-0.2, 0) is 9.53 Å². The lowest BCUT2D eigenvalue weighted by molar-refractivity contribution is -0.118. The van der Waals surface area contributed by atoms with Gasteiger partial charge in [0.1, 0.15) is 0 Å². The predicted octanol–water partition coefficient (Wildman–Crippen LogP) is 1.25. The Balaban J connectivity index is 2.44. The van der Waals surface area contributed by atoms with Crippen LogP contribution < -0.4 is 5.32 Å². The Labute approximate surface area is 79.2 Å². The summed E-state index contributed by atoms with van der Waals surface area (Å²) in [7, 11) is 1.70. The minimum absolute atomic E-state index is 0.103. The zero-order valence-corrected chi connectivity index (χ0v) is 8.08. The van der Waals surface area contributed by atoms with Crippen molar-refractivity contribution in [1.29, 1.82) is 0 Å². The molecule has 0 spiro atoms. The van der Waals surface area contributed by atoms with Crippen LogP contribution >= 0.6 is 0 Å². The molecule has 1 amide bonds. The molecule has 0 radical (unpaired) electrons. The molecule has 74 valence electrons. The highest BCUT2D eigenvalue weighted by Gasteiger charge is 2.25. The third-order valence-electron chi connectivity index (χ3n) is 2.52. The highest BCUT2D eigenvalue weighted by atomic mass is 16.5. The summed E-state index contributed by atoms with van der Waals surface area (Å²) < 4.78 is 5.30. The number of carbonyl (C=O) groups excluding carboxylic acids is 1. The fourth-order valence-corrected chi connectivity index (χ4v) is 1.79. The second kappa shape index (κ2) is 5.02. The van der Waals surface area contributed by atoms with E-state index >= 15 is 0 Å². The lowest BCUT2D eigenvalue weighted by atomic mass is 9.92. The van der Waals surface area contributed by atoms with Gasteiger partial charge in [0.25, 0.3) is 0 Å². The second-order valence-electron chi connectivity index (χ2n) is 3.38. The highest BCUT2D eigenvalue weighted by molar-refractivity contribution is 5.87. The van der Waals surface area contributed by atoms with Gasteiger partial charge < -0.3 is 10.1 Å². The van der Waals surface area contributed by atoms with Crippen molar-refractivity contribution in [2.45, 2.75) is 37.8 Å². The maximum Gasteiger partial charge on any atom is 0.243 e. The molecule has 1 aliphatic rings. The third-order valence-corrected chi connectivity index (χ3v) is 2.52. The molecule has 3 heteroatoms. The van der Waals surface area contributed by atoms with Gasteiger partial charge >= 0.3 is 0 Å². The number of hydrogen-bond donors (Lipinski definition) is 1. The van der Waals surface area contributed by atoms with Crippen molar-refractivity contribution in [2.24, 2.45) is 0 Å². The summed E-state index contributed by atoms with van der Waals surface area (Å²) >= 11 is 0. The van der Waals surface area contributed by atoms with Gasteiger partial charge in [0.2, 0.25) is 5.91 Å². The summed E-state index contributed by atoms with van der Waals surface area (Å²) in [5, 5.41) is 2.89. The van der Waals surface area contributed by atoms with E-state index in [1.807, 2.05) is 0 Å². The Hall–Kier alpha value is -0.830. The Morgan fingerprint density at radius 3 is 2.85 bits per heavy atom. The molecule has 3 nitrogen and oxygen atoms in total. The molecule has 13 heavy (non-hydrogen) atoms. The van der Waals surface area contributed by atoms with Crippen LogP contribution in [0.2, 0.25) is 0 Å². The van der Waals surface area contributed by atoms with Crippen LogP contribution in [0.3, 0.4) is 0 Å². The van der Waals surface area contributed by atoms with Crippen molar-refractivity contribution >= 4 is 5.91 Å². The predicted molar refractivity (Wildman–Crippen MR) is 51.4 cm³/mol. The Bertz CT molecular complexity index is 191. The average Bonchev–Trinajstić information content (AvgIpc) is 2.18. The van der Waals surface area contributed by atoms with E-state index in [0.29, 0.717) is 0 Å². The van der Waals surface area contributed by atoms with Crippen LogP contribution in [0.1, 0.15) is 25.7 Å². The summed E-state index contributed by atoms with van der Waals surface area (Å²) in [4.78, 5) is 11.1. The minimum Gasteiger partial charge on any atom is -0.379 e. The van der Waals surface area contributed by atoms with Gasteiger partial charge in [0.05, 0.1) is 12.1 Å². The molecule has 0 aliphatic heterocycles. The van der Waals surface area contributed by atoms with Gasteiger partial charge in [-0.15, -0.1) is 0 Å². The second-order valence-corrected chi connectivity index (χ2v) is 3.38. The van der Waals surface area contributed by atoms with E-state index in [4.69, 9.17) is 4.74 Å². The largest absolute Gasteiger partial charge is 0.379 e. The van der Waals surface area contributed by atoms with Crippen LogP contribution in [0.15, 0.2) is 12.7 Å². The van der Waals surface area contributed by atoms with Crippen molar-refractivity contribution in [1.82, 2.24) is 5.32 Å². The van der Waals surface area contributed by atoms with Crippen molar-refractivity contribution in [3.8, 4) is 0 Å². The molecule has 1 N–H and O–H groups in total. The first kappa shape index (κ1) is 10.3. The molecular weight excluding hydrogens is 166 g/mol. The fraction of sp³-hybridized carbons (Fsp3) is 0.700. The van der Waals surface area contributed by atoms with E-state index in [1.165, 1.54) is 18.9 Å². The molecule has 0 aromatic heterocycles. The molecule has 0 unspecified atom stereocenters. The molecule has 1 saturated carbocycles. The summed E-state index contributed by atoms with van der Waals surface area (Å²) in [6.45, 7) is 3.42. The van der Waals surface area contributed by atoms with Crippen LogP contribution in [0, 0.1) is 0 Å². The first-order chi connectivity index (χ1) is 6.27. The van der Waals surface area contributed by atoms with E-state index in [-0.39, 0.29) is 18.1 Å². The summed E-state index contributed by atoms with van der Waals surface area (Å²) in [6, 6.07) is 0.171. The summed E-state index contributed by atoms with van der Waals surface area (Å²) in [5.41, 5.74) is 0. The molecule has 0 aromatic rings. The SMILES string of the molecule is C=CC(=O)N[C@@H]1CCCC[C@H]1OC. The Morgan fingerprint density at radius 1 is 1.54 bits per heavy atom. The number of methoxy groups -OCH3 is 1. The van der Waals surface area contributed by atoms with Crippen LogP contribution in [0.25, 0.3) is 0 Å². The number of ether oxygens (including phenoxy) is 1. The van der Waals surface area contributed by atoms with Crippen molar-refractivity contribution in [3.05, 3.63) is 12.7 Å². The minimum atomic E-state index is -0.103. The van der Waals surface area contributed by atoms with Crippen molar-refractivity contribution < 1.29 is 9.53 Å². The van der Waals surface area contributed by atoms with E-state index < -0.39 is 0 Å². The highest BCUT2D eigenvalue weighted by Crippen LogP contribution is 2.20. The lowest BCUT2D eigenvalue weighted by Crippen LogP contribution is -2.45. The number of carbonyl (C=O) groups is 1. The standard InChI is InChI=1S/C10H17NO2/c1-3-10(12)11-8-6-4-5-7-9(8)13-2/h3,8-9H,1,4-7H2,2H3,(H,11,12)/t8-,9-/m1/s1. The average molecular weight is 183 g/mol. The van der Waals surface area contributed by atoms with E-state index in [1.54, 1.807) is 7.11 Å². The van der Waals surface area contributed by atoms with Crippen molar-refractivity contribution in [2.75, 3.05) is 7.11 Å². The van der Waals surface area contributed by atoms with E-state index in [2.05, 4.69) is 11.9 Å². The van der Waals surface area contributed by atoms with Gasteiger partial charge in [-0.1, -0.05) is 19.4 Å². The normalized spacial score (nSPS) is 28.1. The van der Waals surface area contributed by atoms with Gasteiger partial charge in [0, 0.05) is 7.11 Å². The van der Waals surface area contributed by atoms with E-state index in [0.717, 1.165) is 12.8 Å². The van der Waals surface area contributed by atoms with Crippen molar-refractivity contribution in [3.63, 3.8) is 0 Å². The summed E-state index contributed by atoms with van der Waals surface area (Å²) in [6.07, 6.45) is 5.90. The van der Waals surface area contributed by atoms with E-state index in [9.17, 15) is 4.79 Å². The smallest absolute Gasteiger partial charge is 0.243 e. The van der Waals surface area contributed by atoms with Gasteiger partial charge in [-0.05, 0) is 18.9 Å². The quantitative estimate of drug-likeness (QED) is 0.669. The third kappa shape index (κ3) is 2.84. The molecule has 0 saturated heterocycles. The first-order valence-electron chi connectivity index (χ1n) is 4.73. The molecule has 2 atom stereocenters. The maximum absolute atomic E-state index is 11.1. The Morgan fingerprint density at radius 2 is 2.23 bits per heavy atom. The molecule has 0 bridgehead atoms. The molecule has 1 aliphatic carbocycles. The molecule has 0 aromatic carbocycles. The fourth-order valence-electron chi connectivity index (χ4n) is 1.79. The van der Waals surface area contributed by atoms with Gasteiger partial charge in [-0.3, -0.25) is 4.79 Å². The van der Waals surface area contributed by atoms with Crippen LogP contribution in [0.5, 0.6) is 0 Å². The zero-order valence-electron chi connectivity index (χ0n) is 8.08. The topological polar surface area (TPSA) is 38.3 Å². The number of hydrogen-bond acceptors (Lipinski definition) is 2. The number of rotatable bonds is 3. The van der Waals surface area contributed by atoms with Crippen LogP contribution in [0.4, 0.5) is 0 Å². The maximum atomic E-state index is 11.1.